The Morgan fingerprint density at radius 2 is 1.57 bits per heavy atom. The van der Waals surface area contributed by atoms with Crippen LogP contribution in [0.3, 0.4) is 0 Å². The van der Waals surface area contributed by atoms with Crippen molar-refractivity contribution in [3.8, 4) is 6.07 Å². The zero-order valence-corrected chi connectivity index (χ0v) is 11.2. The number of hydrogen-bond donors (Lipinski definition) is 1. The van der Waals surface area contributed by atoms with Gasteiger partial charge in [0.1, 0.15) is 11.9 Å². The molecule has 0 amide bonds. The molecule has 0 atom stereocenters. The monoisotopic (exact) mass is 334 g/mol. The topological polar surface area (TPSA) is 67.6 Å². The first-order valence-corrected chi connectivity index (χ1v) is 6.01. The number of aromatic nitrogens is 2. The number of nitriles is 1. The van der Waals surface area contributed by atoms with E-state index in [1.54, 1.807) is 6.07 Å². The lowest BCUT2D eigenvalue weighted by Crippen LogP contribution is -2.13. The summed E-state index contributed by atoms with van der Waals surface area (Å²) < 4.78 is 77.6. The van der Waals surface area contributed by atoms with Gasteiger partial charge >= 0.3 is 12.4 Å². The second kappa shape index (κ2) is 5.49. The SMILES string of the molecule is N#Cc1ncn(Cc2cc(C(F)(F)F)cc(C(F)(F)F)c2)c1N. The van der Waals surface area contributed by atoms with Gasteiger partial charge in [0, 0.05) is 0 Å². The van der Waals surface area contributed by atoms with Gasteiger partial charge in [0.15, 0.2) is 5.69 Å². The van der Waals surface area contributed by atoms with Crippen LogP contribution in [0, 0.1) is 11.3 Å². The summed E-state index contributed by atoms with van der Waals surface area (Å²) in [6.45, 7) is -0.381. The molecule has 2 aromatic rings. The van der Waals surface area contributed by atoms with Crippen LogP contribution in [0.1, 0.15) is 22.4 Å². The lowest BCUT2D eigenvalue weighted by molar-refractivity contribution is -0.143. The van der Waals surface area contributed by atoms with Crippen LogP contribution in [0.4, 0.5) is 32.2 Å². The van der Waals surface area contributed by atoms with Crippen LogP contribution in [0.5, 0.6) is 0 Å². The maximum atomic E-state index is 12.8. The lowest BCUT2D eigenvalue weighted by atomic mass is 10.0. The van der Waals surface area contributed by atoms with Crippen molar-refractivity contribution < 1.29 is 26.3 Å². The Hall–Kier alpha value is -2.70. The first kappa shape index (κ1) is 16.7. The van der Waals surface area contributed by atoms with Gasteiger partial charge in [0.25, 0.3) is 0 Å². The van der Waals surface area contributed by atoms with E-state index in [1.807, 2.05) is 0 Å². The van der Waals surface area contributed by atoms with Crippen molar-refractivity contribution >= 4 is 5.82 Å². The molecule has 0 fully saturated rings. The number of imidazole rings is 1. The van der Waals surface area contributed by atoms with Crippen molar-refractivity contribution in [2.45, 2.75) is 18.9 Å². The second-order valence-electron chi connectivity index (χ2n) is 4.63. The van der Waals surface area contributed by atoms with E-state index in [0.29, 0.717) is 12.1 Å². The molecule has 0 unspecified atom stereocenters. The van der Waals surface area contributed by atoms with Crippen molar-refractivity contribution in [3.63, 3.8) is 0 Å². The average molecular weight is 334 g/mol. The zero-order chi connectivity index (χ0) is 17.4. The molecule has 10 heteroatoms. The van der Waals surface area contributed by atoms with Gasteiger partial charge in [-0.05, 0) is 23.8 Å². The number of alkyl halides is 6. The van der Waals surface area contributed by atoms with Crippen LogP contribution in [-0.2, 0) is 18.9 Å². The van der Waals surface area contributed by atoms with Crippen LogP contribution in [-0.4, -0.2) is 9.55 Å². The first-order chi connectivity index (χ1) is 10.5. The molecule has 0 aliphatic rings. The van der Waals surface area contributed by atoms with E-state index in [1.165, 1.54) is 0 Å². The highest BCUT2D eigenvalue weighted by atomic mass is 19.4. The number of nitrogens with zero attached hydrogens (tertiary/aromatic N) is 3. The van der Waals surface area contributed by atoms with Crippen molar-refractivity contribution in [1.82, 2.24) is 9.55 Å². The van der Waals surface area contributed by atoms with E-state index >= 15 is 0 Å². The van der Waals surface area contributed by atoms with Crippen molar-refractivity contribution in [3.05, 3.63) is 46.9 Å². The minimum absolute atomic E-state index is 0.0431. The Morgan fingerprint density at radius 3 is 1.96 bits per heavy atom. The molecule has 4 nitrogen and oxygen atoms in total. The third kappa shape index (κ3) is 3.56. The third-order valence-corrected chi connectivity index (χ3v) is 2.98. The summed E-state index contributed by atoms with van der Waals surface area (Å²) in [5, 5.41) is 8.70. The fourth-order valence-electron chi connectivity index (χ4n) is 1.91. The summed E-state index contributed by atoms with van der Waals surface area (Å²) in [6, 6.07) is 2.89. The molecule has 2 N–H and O–H groups in total. The van der Waals surface area contributed by atoms with Crippen LogP contribution in [0.2, 0.25) is 0 Å². The summed E-state index contributed by atoms with van der Waals surface area (Å²) in [4.78, 5) is 3.61. The number of rotatable bonds is 2. The van der Waals surface area contributed by atoms with Gasteiger partial charge in [-0.3, -0.25) is 0 Å². The molecule has 1 aromatic carbocycles. The quantitative estimate of drug-likeness (QED) is 0.856. The molecule has 0 radical (unpaired) electrons. The third-order valence-electron chi connectivity index (χ3n) is 2.98. The Balaban J connectivity index is 2.49. The predicted octanol–water partition coefficient (Wildman–Crippen LogP) is 3.42. The number of anilines is 1. The number of halogens is 6. The highest BCUT2D eigenvalue weighted by Gasteiger charge is 2.36. The number of nitrogens with two attached hydrogens (primary N) is 1. The maximum Gasteiger partial charge on any atom is 0.416 e. The average Bonchev–Trinajstić information content (AvgIpc) is 2.77. The summed E-state index contributed by atoms with van der Waals surface area (Å²) in [5.74, 6) is -0.140. The van der Waals surface area contributed by atoms with Crippen LogP contribution in [0.15, 0.2) is 24.5 Å². The van der Waals surface area contributed by atoms with E-state index in [0.717, 1.165) is 10.9 Å². The van der Waals surface area contributed by atoms with E-state index in [9.17, 15) is 26.3 Å². The molecule has 0 spiro atoms. The smallest absolute Gasteiger partial charge is 0.383 e. The van der Waals surface area contributed by atoms with Gasteiger partial charge in [0.05, 0.1) is 24.0 Å². The normalized spacial score (nSPS) is 12.2. The lowest BCUT2D eigenvalue weighted by Gasteiger charge is -2.14. The molecule has 0 bridgehead atoms. The second-order valence-corrected chi connectivity index (χ2v) is 4.63. The number of benzene rings is 1. The molecule has 122 valence electrons. The Bertz CT molecular complexity index is 734. The highest BCUT2D eigenvalue weighted by Crippen LogP contribution is 2.36. The molecule has 2 rings (SSSR count). The van der Waals surface area contributed by atoms with Crippen LogP contribution >= 0.6 is 0 Å². The van der Waals surface area contributed by atoms with E-state index in [2.05, 4.69) is 4.98 Å². The summed E-state index contributed by atoms with van der Waals surface area (Å²) in [6.07, 6.45) is -8.77. The molecule has 1 aromatic heterocycles. The summed E-state index contributed by atoms with van der Waals surface area (Å²) in [7, 11) is 0. The van der Waals surface area contributed by atoms with Gasteiger partial charge < -0.3 is 10.3 Å². The Morgan fingerprint density at radius 1 is 1.04 bits per heavy atom. The van der Waals surface area contributed by atoms with Gasteiger partial charge in [-0.1, -0.05) is 0 Å². The molecular formula is C13H8F6N4. The molecule has 0 aliphatic carbocycles. The molecular weight excluding hydrogens is 326 g/mol. The number of nitrogen functional groups attached to an aromatic ring is 1. The van der Waals surface area contributed by atoms with Gasteiger partial charge in [-0.15, -0.1) is 0 Å². The van der Waals surface area contributed by atoms with Crippen LogP contribution < -0.4 is 5.73 Å². The van der Waals surface area contributed by atoms with E-state index < -0.39 is 23.5 Å². The molecule has 0 saturated heterocycles. The zero-order valence-electron chi connectivity index (χ0n) is 11.2. The van der Waals surface area contributed by atoms with E-state index in [-0.39, 0.29) is 29.7 Å². The minimum Gasteiger partial charge on any atom is -0.383 e. The van der Waals surface area contributed by atoms with Gasteiger partial charge in [-0.2, -0.15) is 31.6 Å². The van der Waals surface area contributed by atoms with Crippen LogP contribution in [0.25, 0.3) is 0 Å². The maximum absolute atomic E-state index is 12.8. The fourth-order valence-corrected chi connectivity index (χ4v) is 1.91. The van der Waals surface area contributed by atoms with Gasteiger partial charge in [0.2, 0.25) is 0 Å². The predicted molar refractivity (Wildman–Crippen MR) is 66.9 cm³/mol. The molecule has 23 heavy (non-hydrogen) atoms. The number of hydrogen-bond acceptors (Lipinski definition) is 3. The van der Waals surface area contributed by atoms with Crippen molar-refractivity contribution in [2.75, 3.05) is 5.73 Å². The summed E-state index contributed by atoms with van der Waals surface area (Å²) in [5.41, 5.74) is 2.29. The highest BCUT2D eigenvalue weighted by molar-refractivity contribution is 5.45. The molecule has 0 saturated carbocycles. The van der Waals surface area contributed by atoms with Crippen molar-refractivity contribution in [1.29, 1.82) is 5.26 Å². The summed E-state index contributed by atoms with van der Waals surface area (Å²) >= 11 is 0. The fraction of sp³-hybridized carbons (Fsp3) is 0.231. The van der Waals surface area contributed by atoms with Gasteiger partial charge in [-0.25, -0.2) is 4.98 Å². The van der Waals surface area contributed by atoms with Crippen molar-refractivity contribution in [2.24, 2.45) is 0 Å². The minimum atomic E-state index is -4.92. The molecule has 0 aliphatic heterocycles. The Labute approximate surface area is 125 Å². The Kier molecular flexibility index (Phi) is 3.98. The standard InChI is InChI=1S/C13H8F6N4/c14-12(15,16)8-1-7(2-9(3-8)13(17,18)19)5-23-6-22-10(4-20)11(23)21/h1-3,6H,5,21H2. The van der Waals surface area contributed by atoms with E-state index in [4.69, 9.17) is 11.0 Å². The molecule has 1 heterocycles. The largest absolute Gasteiger partial charge is 0.416 e. The first-order valence-electron chi connectivity index (χ1n) is 6.01.